The molecule has 0 aliphatic heterocycles. The number of hydrogen-bond donors (Lipinski definition) is 1. The summed E-state index contributed by atoms with van der Waals surface area (Å²) in [6.45, 7) is 2.36. The van der Waals surface area contributed by atoms with E-state index >= 15 is 0 Å². The molecule has 0 saturated heterocycles. The van der Waals surface area contributed by atoms with Gasteiger partial charge in [-0.2, -0.15) is 13.2 Å². The Morgan fingerprint density at radius 3 is 2.21 bits per heavy atom. The van der Waals surface area contributed by atoms with Crippen LogP contribution in [0.5, 0.6) is 0 Å². The number of fused-ring (bicyclic) bond motifs is 1. The first kappa shape index (κ1) is 21.0. The first-order valence-corrected chi connectivity index (χ1v) is 9.06. The molecular weight excluding hydrogens is 386 g/mol. The number of nitrogens with zero attached hydrogens (tertiary/aromatic N) is 1. The maximum atomic E-state index is 14.0. The summed E-state index contributed by atoms with van der Waals surface area (Å²) >= 11 is 0. The molecule has 0 radical (unpaired) electrons. The summed E-state index contributed by atoms with van der Waals surface area (Å²) in [5, 5.41) is 11.1. The topological polar surface area (TPSA) is 42.2 Å². The van der Waals surface area contributed by atoms with Crippen LogP contribution in [0, 0.1) is 5.82 Å². The molecule has 0 spiro atoms. The highest BCUT2D eigenvalue weighted by Gasteiger charge is 2.56. The molecule has 2 aromatic carbocycles. The summed E-state index contributed by atoms with van der Waals surface area (Å²) in [4.78, 5) is 12.0. The lowest BCUT2D eigenvalue weighted by Gasteiger charge is -2.38. The maximum Gasteiger partial charge on any atom is 0.418 e. The standard InChI is InChI=1S/C22H21F4NO2/c1-20(2,15-7-9-16(23)10-8-15)13-21(29,22(24,25)26)14-27-12-11-19(28)17-5-3-4-6-18(17)27/h3-12,29H,13-14H2,1-2H3. The van der Waals surface area contributed by atoms with Crippen LogP contribution >= 0.6 is 0 Å². The molecule has 1 aromatic heterocycles. The number of hydrogen-bond acceptors (Lipinski definition) is 2. The highest BCUT2D eigenvalue weighted by atomic mass is 19.4. The third-order valence-electron chi connectivity index (χ3n) is 5.20. The maximum absolute atomic E-state index is 14.0. The molecule has 0 saturated carbocycles. The third-order valence-corrected chi connectivity index (χ3v) is 5.20. The molecule has 0 bridgehead atoms. The van der Waals surface area contributed by atoms with Crippen molar-refractivity contribution >= 4 is 10.9 Å². The van der Waals surface area contributed by atoms with Gasteiger partial charge in [0.05, 0.1) is 12.1 Å². The van der Waals surface area contributed by atoms with Crippen LogP contribution in [0.4, 0.5) is 17.6 Å². The Labute approximate surface area is 165 Å². The second-order valence-corrected chi connectivity index (χ2v) is 7.92. The van der Waals surface area contributed by atoms with Crippen molar-refractivity contribution in [3.8, 4) is 0 Å². The molecule has 154 valence electrons. The van der Waals surface area contributed by atoms with Gasteiger partial charge in [0, 0.05) is 17.6 Å². The minimum absolute atomic E-state index is 0.275. The zero-order chi connectivity index (χ0) is 21.4. The smallest absolute Gasteiger partial charge is 0.379 e. The largest absolute Gasteiger partial charge is 0.418 e. The second kappa shape index (κ2) is 7.30. The van der Waals surface area contributed by atoms with Gasteiger partial charge in [-0.05, 0) is 41.7 Å². The molecule has 1 N–H and O–H groups in total. The predicted molar refractivity (Wildman–Crippen MR) is 103 cm³/mol. The summed E-state index contributed by atoms with van der Waals surface area (Å²) in [5.74, 6) is -0.490. The highest BCUT2D eigenvalue weighted by molar-refractivity contribution is 5.78. The van der Waals surface area contributed by atoms with Gasteiger partial charge in [-0.15, -0.1) is 0 Å². The third kappa shape index (κ3) is 4.19. The van der Waals surface area contributed by atoms with Gasteiger partial charge in [-0.3, -0.25) is 4.79 Å². The van der Waals surface area contributed by atoms with Gasteiger partial charge in [-0.25, -0.2) is 4.39 Å². The van der Waals surface area contributed by atoms with Gasteiger partial charge in [0.15, 0.2) is 11.0 Å². The minimum Gasteiger partial charge on any atom is -0.379 e. The van der Waals surface area contributed by atoms with Crippen LogP contribution < -0.4 is 5.43 Å². The van der Waals surface area contributed by atoms with Crippen molar-refractivity contribution < 1.29 is 22.7 Å². The van der Waals surface area contributed by atoms with Crippen molar-refractivity contribution in [1.82, 2.24) is 4.57 Å². The summed E-state index contributed by atoms with van der Waals surface area (Å²) in [6, 6.07) is 12.7. The van der Waals surface area contributed by atoms with E-state index in [0.717, 1.165) is 0 Å². The van der Waals surface area contributed by atoms with E-state index in [-0.39, 0.29) is 10.8 Å². The van der Waals surface area contributed by atoms with Crippen molar-refractivity contribution in [1.29, 1.82) is 0 Å². The first-order valence-electron chi connectivity index (χ1n) is 9.06. The van der Waals surface area contributed by atoms with E-state index in [1.165, 1.54) is 47.2 Å². The Balaban J connectivity index is 2.03. The number of para-hydroxylation sites is 1. The van der Waals surface area contributed by atoms with E-state index in [2.05, 4.69) is 0 Å². The molecule has 1 heterocycles. The molecule has 0 fully saturated rings. The minimum atomic E-state index is -4.92. The lowest BCUT2D eigenvalue weighted by molar-refractivity contribution is -0.271. The van der Waals surface area contributed by atoms with Gasteiger partial charge < -0.3 is 9.67 Å². The van der Waals surface area contributed by atoms with E-state index in [9.17, 15) is 27.5 Å². The van der Waals surface area contributed by atoms with Crippen molar-refractivity contribution in [2.45, 2.75) is 44.0 Å². The molecule has 0 aliphatic carbocycles. The van der Waals surface area contributed by atoms with E-state index in [0.29, 0.717) is 11.1 Å². The number of aliphatic hydroxyl groups is 1. The molecule has 1 atom stereocenters. The predicted octanol–water partition coefficient (Wildman–Crippen LogP) is 4.80. The number of pyridine rings is 1. The second-order valence-electron chi connectivity index (χ2n) is 7.92. The summed E-state index contributed by atoms with van der Waals surface area (Å²) < 4.78 is 56.4. The number of aromatic nitrogens is 1. The fraction of sp³-hybridized carbons (Fsp3) is 0.318. The quantitative estimate of drug-likeness (QED) is 0.618. The number of benzene rings is 2. The van der Waals surface area contributed by atoms with Crippen molar-refractivity contribution in [2.75, 3.05) is 0 Å². The van der Waals surface area contributed by atoms with Gasteiger partial charge in [0.2, 0.25) is 0 Å². The molecule has 3 rings (SSSR count). The number of alkyl halides is 3. The zero-order valence-corrected chi connectivity index (χ0v) is 16.0. The summed E-state index contributed by atoms with van der Waals surface area (Å²) in [7, 11) is 0. The van der Waals surface area contributed by atoms with Crippen LogP contribution in [-0.2, 0) is 12.0 Å². The van der Waals surface area contributed by atoms with Crippen LogP contribution in [0.2, 0.25) is 0 Å². The Morgan fingerprint density at radius 1 is 0.966 bits per heavy atom. The van der Waals surface area contributed by atoms with E-state index < -0.39 is 36.0 Å². The molecule has 0 amide bonds. The van der Waals surface area contributed by atoms with E-state index in [4.69, 9.17) is 0 Å². The number of rotatable bonds is 5. The average Bonchev–Trinajstić information content (AvgIpc) is 2.63. The monoisotopic (exact) mass is 407 g/mol. The Kier molecular flexibility index (Phi) is 5.30. The van der Waals surface area contributed by atoms with Crippen LogP contribution in [0.15, 0.2) is 65.6 Å². The number of halogens is 4. The Bertz CT molecular complexity index is 1070. The normalized spacial score (nSPS) is 14.7. The fourth-order valence-electron chi connectivity index (χ4n) is 3.66. The van der Waals surface area contributed by atoms with E-state index in [1.54, 1.807) is 32.0 Å². The lowest BCUT2D eigenvalue weighted by atomic mass is 9.74. The lowest BCUT2D eigenvalue weighted by Crippen LogP contribution is -2.52. The van der Waals surface area contributed by atoms with E-state index in [1.807, 2.05) is 0 Å². The average molecular weight is 407 g/mol. The Morgan fingerprint density at radius 2 is 1.59 bits per heavy atom. The SMILES string of the molecule is CC(C)(CC(O)(Cn1ccc(=O)c2ccccc21)C(F)(F)F)c1ccc(F)cc1. The van der Waals surface area contributed by atoms with Crippen molar-refractivity contribution in [3.63, 3.8) is 0 Å². The summed E-state index contributed by atoms with van der Waals surface area (Å²) in [6.07, 6.45) is -4.31. The van der Waals surface area contributed by atoms with Crippen LogP contribution in [0.1, 0.15) is 25.8 Å². The van der Waals surface area contributed by atoms with Crippen LogP contribution in [-0.4, -0.2) is 21.5 Å². The van der Waals surface area contributed by atoms with Crippen molar-refractivity contribution in [2.24, 2.45) is 0 Å². The molecule has 3 nitrogen and oxygen atoms in total. The molecule has 7 heteroatoms. The molecule has 3 aromatic rings. The van der Waals surface area contributed by atoms with Crippen molar-refractivity contribution in [3.05, 3.63) is 82.4 Å². The van der Waals surface area contributed by atoms with Gasteiger partial charge >= 0.3 is 6.18 Å². The molecule has 29 heavy (non-hydrogen) atoms. The first-order chi connectivity index (χ1) is 13.4. The van der Waals surface area contributed by atoms with Gasteiger partial charge in [0.25, 0.3) is 0 Å². The summed E-state index contributed by atoms with van der Waals surface area (Å²) in [5.41, 5.74) is -3.68. The highest BCUT2D eigenvalue weighted by Crippen LogP contribution is 2.42. The van der Waals surface area contributed by atoms with Crippen LogP contribution in [0.25, 0.3) is 10.9 Å². The molecular formula is C22H21F4NO2. The fourth-order valence-corrected chi connectivity index (χ4v) is 3.66. The zero-order valence-electron chi connectivity index (χ0n) is 16.0. The molecule has 1 unspecified atom stereocenters. The van der Waals surface area contributed by atoms with Crippen LogP contribution in [0.3, 0.4) is 0 Å². The van der Waals surface area contributed by atoms with Gasteiger partial charge in [-0.1, -0.05) is 38.1 Å². The molecule has 0 aliphatic rings. The Hall–Kier alpha value is -2.67. The van der Waals surface area contributed by atoms with Gasteiger partial charge in [0.1, 0.15) is 5.82 Å².